The zero-order chi connectivity index (χ0) is 10.1. The Kier molecular flexibility index (Phi) is 2.91. The molecular formula is C11H18O2. The lowest BCUT2D eigenvalue weighted by Crippen LogP contribution is -2.30. The van der Waals surface area contributed by atoms with Crippen LogP contribution in [0.2, 0.25) is 0 Å². The van der Waals surface area contributed by atoms with Gasteiger partial charge in [0.05, 0.1) is 17.6 Å². The molecule has 3 atom stereocenters. The van der Waals surface area contributed by atoms with Crippen LogP contribution in [0.5, 0.6) is 0 Å². The number of hydrogen-bond donors (Lipinski definition) is 0. The third-order valence-corrected chi connectivity index (χ3v) is 2.78. The van der Waals surface area contributed by atoms with E-state index < -0.39 is 0 Å². The zero-order valence-corrected chi connectivity index (χ0v) is 8.67. The quantitative estimate of drug-likeness (QED) is 0.494. The van der Waals surface area contributed by atoms with E-state index >= 15 is 0 Å². The molecule has 0 bridgehead atoms. The highest BCUT2D eigenvalue weighted by atomic mass is 16.5. The largest absolute Gasteiger partial charge is 0.374 e. The highest BCUT2D eigenvalue weighted by Crippen LogP contribution is 2.41. The van der Waals surface area contributed by atoms with Crippen LogP contribution in [-0.2, 0) is 9.53 Å². The second-order valence-corrected chi connectivity index (χ2v) is 4.28. The van der Waals surface area contributed by atoms with Gasteiger partial charge in [0, 0.05) is 0 Å². The molecule has 0 radical (unpaired) electrons. The monoisotopic (exact) mass is 182 g/mol. The van der Waals surface area contributed by atoms with Gasteiger partial charge in [-0.15, -0.1) is 6.58 Å². The van der Waals surface area contributed by atoms with Gasteiger partial charge < -0.3 is 9.53 Å². The molecule has 2 heteroatoms. The molecule has 0 aromatic carbocycles. The highest BCUT2D eigenvalue weighted by molar-refractivity contribution is 5.62. The van der Waals surface area contributed by atoms with Crippen LogP contribution < -0.4 is 0 Å². The third kappa shape index (κ3) is 1.99. The molecule has 0 saturated carbocycles. The highest BCUT2D eigenvalue weighted by Gasteiger charge is 2.44. The second-order valence-electron chi connectivity index (χ2n) is 4.28. The molecule has 1 aliphatic heterocycles. The molecular weight excluding hydrogens is 164 g/mol. The molecule has 1 aliphatic rings. The van der Waals surface area contributed by atoms with Gasteiger partial charge >= 0.3 is 0 Å². The van der Waals surface area contributed by atoms with E-state index in [1.165, 1.54) is 0 Å². The fourth-order valence-corrected chi connectivity index (χ4v) is 2.20. The van der Waals surface area contributed by atoms with E-state index in [2.05, 4.69) is 6.58 Å². The molecule has 1 saturated heterocycles. The molecule has 0 aromatic heterocycles. The first kappa shape index (κ1) is 10.5. The van der Waals surface area contributed by atoms with Gasteiger partial charge in [0.15, 0.2) is 0 Å². The van der Waals surface area contributed by atoms with Crippen LogP contribution >= 0.6 is 0 Å². The molecule has 1 fully saturated rings. The van der Waals surface area contributed by atoms with Crippen molar-refractivity contribution in [2.24, 2.45) is 5.41 Å². The van der Waals surface area contributed by atoms with E-state index in [0.717, 1.165) is 24.7 Å². The normalized spacial score (nSPS) is 39.0. The van der Waals surface area contributed by atoms with Crippen molar-refractivity contribution in [3.8, 4) is 0 Å². The molecule has 0 aliphatic carbocycles. The molecule has 13 heavy (non-hydrogen) atoms. The van der Waals surface area contributed by atoms with E-state index in [1.807, 2.05) is 20.8 Å². The Bertz CT molecular complexity index is 222. The van der Waals surface area contributed by atoms with Crippen molar-refractivity contribution in [2.75, 3.05) is 0 Å². The molecule has 0 amide bonds. The Hall–Kier alpha value is -0.630. The Morgan fingerprint density at radius 3 is 2.62 bits per heavy atom. The van der Waals surface area contributed by atoms with Crippen molar-refractivity contribution in [1.29, 1.82) is 0 Å². The molecule has 3 unspecified atom stereocenters. The first-order valence-electron chi connectivity index (χ1n) is 4.76. The molecule has 1 heterocycles. The molecule has 2 nitrogen and oxygen atoms in total. The van der Waals surface area contributed by atoms with Crippen LogP contribution in [0.1, 0.15) is 33.6 Å². The Balaban J connectivity index is 2.80. The summed E-state index contributed by atoms with van der Waals surface area (Å²) in [5.74, 6) is 0. The molecule has 0 N–H and O–H groups in total. The third-order valence-electron chi connectivity index (χ3n) is 2.78. The number of carbonyl (C=O) groups is 1. The minimum Gasteiger partial charge on any atom is -0.374 e. The maximum Gasteiger partial charge on any atom is 0.129 e. The van der Waals surface area contributed by atoms with E-state index in [1.54, 1.807) is 0 Å². The Morgan fingerprint density at radius 2 is 2.31 bits per heavy atom. The predicted molar refractivity (Wildman–Crippen MR) is 52.6 cm³/mol. The first-order valence-corrected chi connectivity index (χ1v) is 4.76. The van der Waals surface area contributed by atoms with Crippen molar-refractivity contribution < 1.29 is 9.53 Å². The maximum absolute atomic E-state index is 11.1. The summed E-state index contributed by atoms with van der Waals surface area (Å²) in [7, 11) is 0. The van der Waals surface area contributed by atoms with Gasteiger partial charge in [-0.25, -0.2) is 0 Å². The van der Waals surface area contributed by atoms with E-state index in [-0.39, 0.29) is 17.6 Å². The number of ether oxygens (including phenoxy) is 1. The lowest BCUT2D eigenvalue weighted by molar-refractivity contribution is -0.118. The molecule has 0 aromatic rings. The molecule has 74 valence electrons. The van der Waals surface area contributed by atoms with Crippen molar-refractivity contribution in [3.05, 3.63) is 12.2 Å². The molecule has 1 rings (SSSR count). The van der Waals surface area contributed by atoms with Crippen molar-refractivity contribution in [2.45, 2.75) is 45.8 Å². The summed E-state index contributed by atoms with van der Waals surface area (Å²) in [5.41, 5.74) is 0.738. The summed E-state index contributed by atoms with van der Waals surface area (Å²) < 4.78 is 5.60. The smallest absolute Gasteiger partial charge is 0.129 e. The average molecular weight is 182 g/mol. The summed E-state index contributed by atoms with van der Waals surface area (Å²) in [6.07, 6.45) is 2.85. The number of allylic oxidation sites excluding steroid dienone is 1. The topological polar surface area (TPSA) is 26.3 Å². The van der Waals surface area contributed by atoms with Crippen LogP contribution in [0.15, 0.2) is 12.2 Å². The average Bonchev–Trinajstić information content (AvgIpc) is 2.26. The van der Waals surface area contributed by atoms with Gasteiger partial charge in [-0.2, -0.15) is 0 Å². The zero-order valence-electron chi connectivity index (χ0n) is 8.67. The van der Waals surface area contributed by atoms with Gasteiger partial charge in [0.25, 0.3) is 0 Å². The van der Waals surface area contributed by atoms with Gasteiger partial charge in [-0.1, -0.05) is 5.57 Å². The summed E-state index contributed by atoms with van der Waals surface area (Å²) in [6, 6.07) is 0. The SMILES string of the molecule is C=C(C)CC1(C=O)CC(C)OC1C. The van der Waals surface area contributed by atoms with Crippen LogP contribution in [0.25, 0.3) is 0 Å². The summed E-state index contributed by atoms with van der Waals surface area (Å²) >= 11 is 0. The van der Waals surface area contributed by atoms with E-state index in [9.17, 15) is 4.79 Å². The van der Waals surface area contributed by atoms with Crippen LogP contribution in [0, 0.1) is 5.41 Å². The van der Waals surface area contributed by atoms with Crippen molar-refractivity contribution in [3.63, 3.8) is 0 Å². The fourth-order valence-electron chi connectivity index (χ4n) is 2.20. The van der Waals surface area contributed by atoms with Crippen LogP contribution in [0.3, 0.4) is 0 Å². The second kappa shape index (κ2) is 3.62. The maximum atomic E-state index is 11.1. The number of hydrogen-bond acceptors (Lipinski definition) is 2. The minimum absolute atomic E-state index is 0.0247. The van der Waals surface area contributed by atoms with E-state index in [4.69, 9.17) is 4.74 Å². The number of rotatable bonds is 3. The van der Waals surface area contributed by atoms with Gasteiger partial charge in [-0.05, 0) is 33.6 Å². The summed E-state index contributed by atoms with van der Waals surface area (Å²) in [5, 5.41) is 0. The number of aldehydes is 1. The standard InChI is InChI=1S/C11H18O2/c1-8(2)5-11(7-12)6-9(3)13-10(11)4/h7,9-10H,1,5-6H2,2-4H3. The van der Waals surface area contributed by atoms with Gasteiger partial charge in [0.2, 0.25) is 0 Å². The van der Waals surface area contributed by atoms with Crippen LogP contribution in [0.4, 0.5) is 0 Å². The van der Waals surface area contributed by atoms with Crippen molar-refractivity contribution in [1.82, 2.24) is 0 Å². The van der Waals surface area contributed by atoms with Gasteiger partial charge in [-0.3, -0.25) is 0 Å². The van der Waals surface area contributed by atoms with Gasteiger partial charge in [0.1, 0.15) is 6.29 Å². The summed E-state index contributed by atoms with van der Waals surface area (Å²) in [6.45, 7) is 9.80. The van der Waals surface area contributed by atoms with Crippen molar-refractivity contribution >= 4 is 6.29 Å². The lowest BCUT2D eigenvalue weighted by Gasteiger charge is -2.25. The number of carbonyl (C=O) groups excluding carboxylic acids is 1. The minimum atomic E-state index is -0.314. The first-order chi connectivity index (χ1) is 6.00. The lowest BCUT2D eigenvalue weighted by atomic mass is 9.77. The van der Waals surface area contributed by atoms with E-state index in [0.29, 0.717) is 0 Å². The summed E-state index contributed by atoms with van der Waals surface area (Å²) in [4.78, 5) is 11.1. The Labute approximate surface area is 80.0 Å². The fraction of sp³-hybridized carbons (Fsp3) is 0.727. The molecule has 0 spiro atoms. The predicted octanol–water partition coefficient (Wildman–Crippen LogP) is 2.34. The van der Waals surface area contributed by atoms with Crippen LogP contribution in [-0.4, -0.2) is 18.5 Å². The Morgan fingerprint density at radius 1 is 1.69 bits per heavy atom.